The van der Waals surface area contributed by atoms with Crippen LogP contribution in [0.15, 0.2) is 0 Å². The molecule has 0 bridgehead atoms. The zero-order valence-corrected chi connectivity index (χ0v) is 12.5. The maximum absolute atomic E-state index is 6.19. The molecule has 2 unspecified atom stereocenters. The largest absolute Gasteiger partial charge is 0.329 e. The van der Waals surface area contributed by atoms with Crippen LogP contribution in [0.25, 0.3) is 0 Å². The SMILES string of the molecule is CCCN(C(C)C)C1(CN)CC(C)CC(C)C1. The second-order valence-electron chi connectivity index (χ2n) is 6.57. The van der Waals surface area contributed by atoms with Crippen molar-refractivity contribution in [3.63, 3.8) is 0 Å². The lowest BCUT2D eigenvalue weighted by atomic mass is 9.70. The molecule has 1 aliphatic carbocycles. The van der Waals surface area contributed by atoms with Crippen LogP contribution in [0.1, 0.15) is 60.3 Å². The molecule has 0 aromatic carbocycles. The van der Waals surface area contributed by atoms with Crippen molar-refractivity contribution < 1.29 is 0 Å². The first-order valence-electron chi connectivity index (χ1n) is 7.42. The van der Waals surface area contributed by atoms with E-state index in [1.807, 2.05) is 0 Å². The third-order valence-corrected chi connectivity index (χ3v) is 4.34. The summed E-state index contributed by atoms with van der Waals surface area (Å²) in [6, 6.07) is 0.607. The van der Waals surface area contributed by atoms with E-state index in [4.69, 9.17) is 5.73 Å². The lowest BCUT2D eigenvalue weighted by molar-refractivity contribution is -0.00199. The Labute approximate surface area is 108 Å². The van der Waals surface area contributed by atoms with Gasteiger partial charge >= 0.3 is 0 Å². The maximum atomic E-state index is 6.19. The van der Waals surface area contributed by atoms with E-state index in [1.54, 1.807) is 0 Å². The van der Waals surface area contributed by atoms with Crippen LogP contribution in [0.3, 0.4) is 0 Å². The van der Waals surface area contributed by atoms with Crippen molar-refractivity contribution in [2.75, 3.05) is 13.1 Å². The van der Waals surface area contributed by atoms with Gasteiger partial charge < -0.3 is 5.73 Å². The van der Waals surface area contributed by atoms with E-state index in [1.165, 1.54) is 32.2 Å². The molecular weight excluding hydrogens is 208 g/mol. The van der Waals surface area contributed by atoms with E-state index in [0.29, 0.717) is 6.04 Å². The van der Waals surface area contributed by atoms with Crippen LogP contribution in [0, 0.1) is 11.8 Å². The molecule has 0 amide bonds. The van der Waals surface area contributed by atoms with Gasteiger partial charge in [-0.3, -0.25) is 4.90 Å². The van der Waals surface area contributed by atoms with Crippen molar-refractivity contribution in [3.8, 4) is 0 Å². The normalized spacial score (nSPS) is 34.6. The van der Waals surface area contributed by atoms with Gasteiger partial charge in [-0.25, -0.2) is 0 Å². The van der Waals surface area contributed by atoms with E-state index in [0.717, 1.165) is 18.4 Å². The molecule has 1 fully saturated rings. The number of nitrogens with two attached hydrogens (primary N) is 1. The highest BCUT2D eigenvalue weighted by atomic mass is 15.2. The fourth-order valence-corrected chi connectivity index (χ4v) is 4.04. The summed E-state index contributed by atoms with van der Waals surface area (Å²) >= 11 is 0. The number of hydrogen-bond acceptors (Lipinski definition) is 2. The summed E-state index contributed by atoms with van der Waals surface area (Å²) in [5, 5.41) is 0. The highest BCUT2D eigenvalue weighted by Gasteiger charge is 2.41. The third-order valence-electron chi connectivity index (χ3n) is 4.34. The molecule has 0 aliphatic heterocycles. The molecule has 2 atom stereocenters. The topological polar surface area (TPSA) is 29.3 Å². The van der Waals surface area contributed by atoms with Gasteiger partial charge in [0.2, 0.25) is 0 Å². The molecule has 2 heteroatoms. The van der Waals surface area contributed by atoms with Crippen molar-refractivity contribution >= 4 is 0 Å². The summed E-state index contributed by atoms with van der Waals surface area (Å²) in [5.74, 6) is 1.64. The lowest BCUT2D eigenvalue weighted by Crippen LogP contribution is -2.59. The van der Waals surface area contributed by atoms with Crippen LogP contribution >= 0.6 is 0 Å². The van der Waals surface area contributed by atoms with Crippen molar-refractivity contribution in [1.82, 2.24) is 4.90 Å². The summed E-state index contributed by atoms with van der Waals surface area (Å²) in [7, 11) is 0. The van der Waals surface area contributed by atoms with Crippen LogP contribution in [-0.2, 0) is 0 Å². The standard InChI is InChI=1S/C15H32N2/c1-6-7-17(12(2)3)15(11-16)9-13(4)8-14(5)10-15/h12-14H,6-11,16H2,1-5H3. The Bertz CT molecular complexity index is 215. The molecule has 1 saturated carbocycles. The lowest BCUT2D eigenvalue weighted by Gasteiger charge is -2.51. The number of nitrogens with zero attached hydrogens (tertiary/aromatic N) is 1. The first-order chi connectivity index (χ1) is 7.95. The van der Waals surface area contributed by atoms with E-state index < -0.39 is 0 Å². The molecule has 0 heterocycles. The molecular formula is C15H32N2. The Morgan fingerprint density at radius 2 is 1.76 bits per heavy atom. The second kappa shape index (κ2) is 6.19. The fraction of sp³-hybridized carbons (Fsp3) is 1.00. The van der Waals surface area contributed by atoms with Crippen LogP contribution in [-0.4, -0.2) is 29.6 Å². The van der Waals surface area contributed by atoms with Crippen molar-refractivity contribution in [1.29, 1.82) is 0 Å². The number of hydrogen-bond donors (Lipinski definition) is 1. The van der Waals surface area contributed by atoms with Gasteiger partial charge in [-0.2, -0.15) is 0 Å². The summed E-state index contributed by atoms with van der Waals surface area (Å²) in [4.78, 5) is 2.68. The Balaban J connectivity index is 2.90. The maximum Gasteiger partial charge on any atom is 0.0339 e. The second-order valence-corrected chi connectivity index (χ2v) is 6.57. The molecule has 0 radical (unpaired) electrons. The molecule has 0 spiro atoms. The van der Waals surface area contributed by atoms with Gasteiger partial charge in [-0.15, -0.1) is 0 Å². The first-order valence-corrected chi connectivity index (χ1v) is 7.42. The summed E-state index contributed by atoms with van der Waals surface area (Å²) in [5.41, 5.74) is 6.46. The van der Waals surface area contributed by atoms with E-state index in [2.05, 4.69) is 39.5 Å². The molecule has 102 valence electrons. The highest BCUT2D eigenvalue weighted by Crippen LogP contribution is 2.40. The van der Waals surface area contributed by atoms with Crippen molar-refractivity contribution in [2.45, 2.75) is 71.9 Å². The zero-order chi connectivity index (χ0) is 13.1. The Morgan fingerprint density at radius 1 is 1.24 bits per heavy atom. The fourth-order valence-electron chi connectivity index (χ4n) is 4.04. The predicted octanol–water partition coefficient (Wildman–Crippen LogP) is 3.26. The minimum atomic E-state index is 0.265. The minimum absolute atomic E-state index is 0.265. The van der Waals surface area contributed by atoms with Gasteiger partial charge in [0.05, 0.1) is 0 Å². The van der Waals surface area contributed by atoms with Gasteiger partial charge in [0.1, 0.15) is 0 Å². The van der Waals surface area contributed by atoms with Gasteiger partial charge in [0, 0.05) is 18.1 Å². The molecule has 0 saturated heterocycles. The van der Waals surface area contributed by atoms with Crippen LogP contribution in [0.5, 0.6) is 0 Å². The zero-order valence-electron chi connectivity index (χ0n) is 12.5. The molecule has 1 rings (SSSR count). The van der Waals surface area contributed by atoms with Crippen molar-refractivity contribution in [3.05, 3.63) is 0 Å². The van der Waals surface area contributed by atoms with Crippen LogP contribution < -0.4 is 5.73 Å². The summed E-state index contributed by atoms with van der Waals surface area (Å²) < 4.78 is 0. The molecule has 2 nitrogen and oxygen atoms in total. The Kier molecular flexibility index (Phi) is 5.46. The van der Waals surface area contributed by atoms with Gasteiger partial charge in [-0.05, 0) is 57.9 Å². The summed E-state index contributed by atoms with van der Waals surface area (Å²) in [6.45, 7) is 13.7. The van der Waals surface area contributed by atoms with E-state index >= 15 is 0 Å². The van der Waals surface area contributed by atoms with Crippen LogP contribution in [0.2, 0.25) is 0 Å². The highest BCUT2D eigenvalue weighted by molar-refractivity contribution is 4.98. The quantitative estimate of drug-likeness (QED) is 0.799. The molecule has 0 aromatic heterocycles. The van der Waals surface area contributed by atoms with Crippen LogP contribution in [0.4, 0.5) is 0 Å². The van der Waals surface area contributed by atoms with Gasteiger partial charge in [-0.1, -0.05) is 20.8 Å². The molecule has 17 heavy (non-hydrogen) atoms. The molecule has 2 N–H and O–H groups in total. The van der Waals surface area contributed by atoms with E-state index in [-0.39, 0.29) is 5.54 Å². The first kappa shape index (κ1) is 15.0. The van der Waals surface area contributed by atoms with E-state index in [9.17, 15) is 0 Å². The van der Waals surface area contributed by atoms with Gasteiger partial charge in [0.15, 0.2) is 0 Å². The van der Waals surface area contributed by atoms with Gasteiger partial charge in [0.25, 0.3) is 0 Å². The Morgan fingerprint density at radius 3 is 2.12 bits per heavy atom. The average molecular weight is 240 g/mol. The molecule has 0 aromatic rings. The smallest absolute Gasteiger partial charge is 0.0339 e. The average Bonchev–Trinajstić information content (AvgIpc) is 2.23. The monoisotopic (exact) mass is 240 g/mol. The number of rotatable bonds is 5. The van der Waals surface area contributed by atoms with Crippen molar-refractivity contribution in [2.24, 2.45) is 17.6 Å². The Hall–Kier alpha value is -0.0800. The summed E-state index contributed by atoms with van der Waals surface area (Å²) in [6.07, 6.45) is 5.17. The third kappa shape index (κ3) is 3.45. The molecule has 1 aliphatic rings. The minimum Gasteiger partial charge on any atom is -0.329 e. The predicted molar refractivity (Wildman–Crippen MR) is 76.1 cm³/mol.